The van der Waals surface area contributed by atoms with Crippen molar-refractivity contribution >= 4 is 21.9 Å². The van der Waals surface area contributed by atoms with E-state index in [0.717, 1.165) is 25.7 Å². The fourth-order valence-corrected chi connectivity index (χ4v) is 4.84. The largest absolute Gasteiger partial charge is 0.467 e. The first-order valence-electron chi connectivity index (χ1n) is 8.31. The fraction of sp³-hybridized carbons (Fsp3) is 0.867. The first-order chi connectivity index (χ1) is 11.0. The maximum Gasteiger partial charge on any atom is 0.328 e. The summed E-state index contributed by atoms with van der Waals surface area (Å²) in [6.45, 7) is 1.72. The van der Waals surface area contributed by atoms with Gasteiger partial charge in [0.15, 0.2) is 0 Å². The molecular formula is C15H26N2O5S. The lowest BCUT2D eigenvalue weighted by molar-refractivity contribution is -0.154. The van der Waals surface area contributed by atoms with Crippen molar-refractivity contribution < 1.29 is 22.7 Å². The Labute approximate surface area is 138 Å². The number of methoxy groups -OCH3 is 1. The Balaban J connectivity index is 1.84. The van der Waals surface area contributed by atoms with Gasteiger partial charge < -0.3 is 9.64 Å². The number of hydrogen-bond donors (Lipinski definition) is 0. The molecule has 0 aromatic heterocycles. The molecule has 2 heterocycles. The normalized spacial score (nSPS) is 23.0. The van der Waals surface area contributed by atoms with Gasteiger partial charge in [0.2, 0.25) is 15.9 Å². The summed E-state index contributed by atoms with van der Waals surface area (Å²) >= 11 is 0. The zero-order valence-corrected chi connectivity index (χ0v) is 14.5. The first-order valence-corrected chi connectivity index (χ1v) is 9.92. The smallest absolute Gasteiger partial charge is 0.328 e. The Bertz CT molecular complexity index is 528. The molecular weight excluding hydrogens is 320 g/mol. The van der Waals surface area contributed by atoms with Gasteiger partial charge in [-0.1, -0.05) is 0 Å². The van der Waals surface area contributed by atoms with Crippen molar-refractivity contribution in [3.05, 3.63) is 0 Å². The molecule has 1 amide bonds. The molecule has 2 aliphatic rings. The first kappa shape index (κ1) is 18.2. The number of piperidine rings is 1. The number of rotatable bonds is 6. The Kier molecular flexibility index (Phi) is 6.41. The average molecular weight is 346 g/mol. The van der Waals surface area contributed by atoms with Crippen LogP contribution in [0.25, 0.3) is 0 Å². The summed E-state index contributed by atoms with van der Waals surface area (Å²) in [6, 6.07) is -0.517. The predicted octanol–water partition coefficient (Wildman–Crippen LogP) is 0.746. The third-order valence-corrected chi connectivity index (χ3v) is 6.50. The van der Waals surface area contributed by atoms with Gasteiger partial charge >= 0.3 is 5.97 Å². The van der Waals surface area contributed by atoms with Gasteiger partial charge in [0.25, 0.3) is 0 Å². The van der Waals surface area contributed by atoms with Gasteiger partial charge in [-0.2, -0.15) is 0 Å². The highest BCUT2D eigenvalue weighted by Crippen LogP contribution is 2.20. The minimum atomic E-state index is -3.25. The van der Waals surface area contributed by atoms with E-state index in [1.54, 1.807) is 4.90 Å². The van der Waals surface area contributed by atoms with E-state index in [-0.39, 0.29) is 24.1 Å². The highest BCUT2D eigenvalue weighted by atomic mass is 32.2. The lowest BCUT2D eigenvalue weighted by Crippen LogP contribution is -2.48. The van der Waals surface area contributed by atoms with Crippen LogP contribution in [0.3, 0.4) is 0 Å². The van der Waals surface area contributed by atoms with Crippen molar-refractivity contribution in [3.63, 3.8) is 0 Å². The van der Waals surface area contributed by atoms with Crippen LogP contribution < -0.4 is 0 Å². The highest BCUT2D eigenvalue weighted by Gasteiger charge is 2.33. The van der Waals surface area contributed by atoms with Gasteiger partial charge in [0, 0.05) is 26.1 Å². The molecule has 0 saturated carbocycles. The molecule has 0 bridgehead atoms. The van der Waals surface area contributed by atoms with Crippen molar-refractivity contribution in [2.45, 2.75) is 51.0 Å². The van der Waals surface area contributed by atoms with Crippen LogP contribution in [0.5, 0.6) is 0 Å². The molecule has 0 spiro atoms. The molecule has 23 heavy (non-hydrogen) atoms. The third-order valence-electron chi connectivity index (χ3n) is 4.55. The molecule has 2 saturated heterocycles. The molecule has 2 aliphatic heterocycles. The average Bonchev–Trinajstić information content (AvgIpc) is 3.09. The molecule has 2 rings (SSSR count). The summed E-state index contributed by atoms with van der Waals surface area (Å²) in [7, 11) is -1.93. The van der Waals surface area contributed by atoms with Gasteiger partial charge in [0.1, 0.15) is 6.04 Å². The third kappa shape index (κ3) is 4.67. The number of esters is 1. The van der Waals surface area contributed by atoms with Gasteiger partial charge in [-0.25, -0.2) is 17.5 Å². The number of ether oxygens (including phenoxy) is 1. The number of sulfonamides is 1. The van der Waals surface area contributed by atoms with Crippen molar-refractivity contribution in [2.75, 3.05) is 32.5 Å². The minimum Gasteiger partial charge on any atom is -0.467 e. The Morgan fingerprint density at radius 1 is 1.09 bits per heavy atom. The number of amides is 1. The number of likely N-dealkylation sites (tertiary alicyclic amines) is 1. The molecule has 1 atom stereocenters. The molecule has 0 aliphatic carbocycles. The Hall–Kier alpha value is -1.15. The zero-order chi connectivity index (χ0) is 16.9. The molecule has 132 valence electrons. The zero-order valence-electron chi connectivity index (χ0n) is 13.7. The monoisotopic (exact) mass is 346 g/mol. The summed E-state index contributed by atoms with van der Waals surface area (Å²) < 4.78 is 30.5. The quantitative estimate of drug-likeness (QED) is 0.663. The van der Waals surface area contributed by atoms with Crippen molar-refractivity contribution in [2.24, 2.45) is 0 Å². The molecule has 0 N–H and O–H groups in total. The van der Waals surface area contributed by atoms with E-state index in [4.69, 9.17) is 4.74 Å². The lowest BCUT2D eigenvalue weighted by Gasteiger charge is -2.33. The van der Waals surface area contributed by atoms with Crippen LogP contribution in [-0.4, -0.2) is 68.0 Å². The summed E-state index contributed by atoms with van der Waals surface area (Å²) in [5, 5.41) is 0. The molecule has 2 fully saturated rings. The van der Waals surface area contributed by atoms with E-state index in [9.17, 15) is 18.0 Å². The van der Waals surface area contributed by atoms with E-state index < -0.39 is 16.1 Å². The van der Waals surface area contributed by atoms with Crippen molar-refractivity contribution in [3.8, 4) is 0 Å². The van der Waals surface area contributed by atoms with Gasteiger partial charge in [0.05, 0.1) is 12.9 Å². The standard InChI is InChI=1S/C15H26N2O5S/c1-22-15(19)13-7-2-3-11-17(13)14(18)8-6-12-23(20,21)16-9-4-5-10-16/h13H,2-12H2,1H3. The second-order valence-corrected chi connectivity index (χ2v) is 8.24. The van der Waals surface area contributed by atoms with E-state index >= 15 is 0 Å². The Morgan fingerprint density at radius 3 is 2.39 bits per heavy atom. The van der Waals surface area contributed by atoms with Gasteiger partial charge in [-0.3, -0.25) is 4.79 Å². The molecule has 0 aromatic rings. The highest BCUT2D eigenvalue weighted by molar-refractivity contribution is 7.89. The van der Waals surface area contributed by atoms with Crippen molar-refractivity contribution in [1.29, 1.82) is 0 Å². The summed E-state index contributed by atoms with van der Waals surface area (Å²) in [6.07, 6.45) is 4.64. The SMILES string of the molecule is COC(=O)C1CCCCN1C(=O)CCCS(=O)(=O)N1CCCC1. The maximum absolute atomic E-state index is 12.3. The summed E-state index contributed by atoms with van der Waals surface area (Å²) in [4.78, 5) is 25.7. The Morgan fingerprint density at radius 2 is 1.74 bits per heavy atom. The van der Waals surface area contributed by atoms with Crippen LogP contribution in [0.2, 0.25) is 0 Å². The van der Waals surface area contributed by atoms with Gasteiger partial charge in [-0.15, -0.1) is 0 Å². The topological polar surface area (TPSA) is 84.0 Å². The van der Waals surface area contributed by atoms with Crippen LogP contribution in [0.4, 0.5) is 0 Å². The van der Waals surface area contributed by atoms with Crippen LogP contribution in [0.15, 0.2) is 0 Å². The maximum atomic E-state index is 12.3. The molecule has 0 aromatic carbocycles. The van der Waals surface area contributed by atoms with E-state index in [1.807, 2.05) is 0 Å². The number of carbonyl (C=O) groups is 2. The van der Waals surface area contributed by atoms with E-state index in [0.29, 0.717) is 32.5 Å². The van der Waals surface area contributed by atoms with Crippen LogP contribution >= 0.6 is 0 Å². The van der Waals surface area contributed by atoms with Gasteiger partial charge in [-0.05, 0) is 38.5 Å². The van der Waals surface area contributed by atoms with Crippen LogP contribution in [-0.2, 0) is 24.3 Å². The van der Waals surface area contributed by atoms with Crippen LogP contribution in [0.1, 0.15) is 44.9 Å². The van der Waals surface area contributed by atoms with Crippen molar-refractivity contribution in [1.82, 2.24) is 9.21 Å². The second kappa shape index (κ2) is 8.10. The van der Waals surface area contributed by atoms with E-state index in [2.05, 4.69) is 0 Å². The summed E-state index contributed by atoms with van der Waals surface area (Å²) in [5.41, 5.74) is 0. The predicted molar refractivity (Wildman–Crippen MR) is 85.2 cm³/mol. The molecule has 8 heteroatoms. The molecule has 7 nitrogen and oxygen atoms in total. The number of nitrogens with zero attached hydrogens (tertiary/aromatic N) is 2. The van der Waals surface area contributed by atoms with E-state index in [1.165, 1.54) is 11.4 Å². The fourth-order valence-electron chi connectivity index (χ4n) is 3.26. The number of hydrogen-bond acceptors (Lipinski definition) is 5. The molecule has 0 radical (unpaired) electrons. The molecule has 1 unspecified atom stereocenters. The lowest BCUT2D eigenvalue weighted by atomic mass is 10.0. The second-order valence-electron chi connectivity index (χ2n) is 6.15. The minimum absolute atomic E-state index is 0.00449. The summed E-state index contributed by atoms with van der Waals surface area (Å²) in [5.74, 6) is -0.547. The number of carbonyl (C=O) groups excluding carboxylic acids is 2. The van der Waals surface area contributed by atoms with Crippen LogP contribution in [0, 0.1) is 0 Å².